The van der Waals surface area contributed by atoms with Crippen molar-refractivity contribution in [1.82, 2.24) is 0 Å². The number of carbonyl (C=O) groups is 1. The number of alkyl halides is 3. The van der Waals surface area contributed by atoms with Gasteiger partial charge in [-0.05, 0) is 42.7 Å². The predicted octanol–water partition coefficient (Wildman–Crippen LogP) is 7.71. The first-order valence-corrected chi connectivity index (χ1v) is 10.8. The number of esters is 1. The molecule has 0 aromatic heterocycles. The van der Waals surface area contributed by atoms with Gasteiger partial charge < -0.3 is 9.47 Å². The fraction of sp³-hybridized carbons (Fsp3) is 0.259. The first kappa shape index (κ1) is 26.1. The van der Waals surface area contributed by atoms with Gasteiger partial charge in [0, 0.05) is 42.3 Å². The Hall–Kier alpha value is -3.55. The summed E-state index contributed by atoms with van der Waals surface area (Å²) >= 11 is 0. The molecule has 3 nitrogen and oxygen atoms in total. The number of ether oxygens (including phenoxy) is 2. The minimum Gasteiger partial charge on any atom is -0.469 e. The van der Waals surface area contributed by atoms with Crippen LogP contribution in [0.2, 0.25) is 0 Å². The number of carbonyl (C=O) groups excluding carboxylic acids is 1. The zero-order valence-electron chi connectivity index (χ0n) is 19.4. The van der Waals surface area contributed by atoms with E-state index in [9.17, 15) is 26.7 Å². The van der Waals surface area contributed by atoms with Crippen molar-refractivity contribution < 1.29 is 36.2 Å². The summed E-state index contributed by atoms with van der Waals surface area (Å²) in [6, 6.07) is 7.16. The molecule has 35 heavy (non-hydrogen) atoms. The molecule has 0 radical (unpaired) electrons. The lowest BCUT2D eigenvalue weighted by atomic mass is 9.86. The van der Waals surface area contributed by atoms with E-state index in [-0.39, 0.29) is 28.6 Å². The number of allylic oxidation sites excluding steroid dienone is 5. The van der Waals surface area contributed by atoms with E-state index in [2.05, 4.69) is 6.58 Å². The molecule has 0 saturated heterocycles. The van der Waals surface area contributed by atoms with Crippen molar-refractivity contribution in [2.45, 2.75) is 32.4 Å². The largest absolute Gasteiger partial charge is 0.469 e. The maximum Gasteiger partial charge on any atom is 0.455 e. The first-order chi connectivity index (χ1) is 16.4. The SMILES string of the molecule is C=C1[CH+]C=C(c2cc(Oc3cc(F)cc(F)c3)cc(C(CC(C)C)C(=O)OC)c2)C=C1C(F)(F)F. The van der Waals surface area contributed by atoms with Gasteiger partial charge in [0.25, 0.3) is 0 Å². The van der Waals surface area contributed by atoms with E-state index in [1.54, 1.807) is 6.07 Å². The summed E-state index contributed by atoms with van der Waals surface area (Å²) in [6.07, 6.45) is -0.537. The monoisotopic (exact) mass is 491 g/mol. The van der Waals surface area contributed by atoms with Crippen molar-refractivity contribution in [2.24, 2.45) is 5.92 Å². The van der Waals surface area contributed by atoms with Crippen molar-refractivity contribution in [3.63, 3.8) is 0 Å². The van der Waals surface area contributed by atoms with Crippen LogP contribution in [0.25, 0.3) is 5.57 Å². The zero-order valence-corrected chi connectivity index (χ0v) is 19.4. The minimum atomic E-state index is -4.62. The van der Waals surface area contributed by atoms with Crippen LogP contribution in [0.5, 0.6) is 11.5 Å². The Morgan fingerprint density at radius 2 is 1.66 bits per heavy atom. The molecule has 0 aliphatic heterocycles. The van der Waals surface area contributed by atoms with E-state index in [0.29, 0.717) is 23.6 Å². The highest BCUT2D eigenvalue weighted by Gasteiger charge is 2.42. The highest BCUT2D eigenvalue weighted by Crippen LogP contribution is 2.40. The second kappa shape index (κ2) is 10.4. The average Bonchev–Trinajstić information content (AvgIpc) is 2.75. The molecule has 0 fully saturated rings. The Morgan fingerprint density at radius 3 is 2.23 bits per heavy atom. The molecule has 0 spiro atoms. The zero-order chi connectivity index (χ0) is 25.9. The Morgan fingerprint density at radius 1 is 1.03 bits per heavy atom. The minimum absolute atomic E-state index is 0.0896. The maximum absolute atomic E-state index is 13.7. The lowest BCUT2D eigenvalue weighted by Gasteiger charge is -2.20. The van der Waals surface area contributed by atoms with Crippen LogP contribution in [0, 0.1) is 24.0 Å². The fourth-order valence-electron chi connectivity index (χ4n) is 3.77. The van der Waals surface area contributed by atoms with Crippen molar-refractivity contribution in [2.75, 3.05) is 7.11 Å². The molecule has 8 heteroatoms. The molecule has 0 saturated carbocycles. The Bertz CT molecular complexity index is 1170. The van der Waals surface area contributed by atoms with Gasteiger partial charge in [-0.1, -0.05) is 13.8 Å². The van der Waals surface area contributed by atoms with E-state index >= 15 is 0 Å². The topological polar surface area (TPSA) is 35.5 Å². The molecule has 0 bridgehead atoms. The Balaban J connectivity index is 2.15. The number of hydrogen-bond donors (Lipinski definition) is 0. The molecule has 2 aromatic carbocycles. The standard InChI is InChI=1S/C27H24F5O3/c1-15(2)7-24(26(33)34-4)19-8-18(17-6-5-16(3)25(11-17)27(30,31)32)9-22(10-19)35-23-13-20(28)12-21(29)14-23/h5-6,8-15,24H,3,7H2,1-2,4H3/q+1. The second-order valence-electron chi connectivity index (χ2n) is 8.57. The highest BCUT2D eigenvalue weighted by atomic mass is 19.4. The number of benzene rings is 2. The van der Waals surface area contributed by atoms with Gasteiger partial charge in [0.05, 0.1) is 18.6 Å². The van der Waals surface area contributed by atoms with E-state index in [4.69, 9.17) is 9.47 Å². The summed E-state index contributed by atoms with van der Waals surface area (Å²) in [4.78, 5) is 12.6. The van der Waals surface area contributed by atoms with Crippen molar-refractivity contribution in [3.05, 3.63) is 95.5 Å². The average molecular weight is 491 g/mol. The van der Waals surface area contributed by atoms with Crippen molar-refractivity contribution in [1.29, 1.82) is 0 Å². The summed E-state index contributed by atoms with van der Waals surface area (Å²) < 4.78 is 78.4. The lowest BCUT2D eigenvalue weighted by molar-refractivity contribution is -0.142. The van der Waals surface area contributed by atoms with Crippen molar-refractivity contribution >= 4 is 11.5 Å². The first-order valence-electron chi connectivity index (χ1n) is 10.8. The predicted molar refractivity (Wildman–Crippen MR) is 123 cm³/mol. The van der Waals surface area contributed by atoms with E-state index in [0.717, 1.165) is 18.2 Å². The molecular weight excluding hydrogens is 467 g/mol. The highest BCUT2D eigenvalue weighted by molar-refractivity contribution is 5.83. The molecule has 0 heterocycles. The van der Waals surface area contributed by atoms with Gasteiger partial charge in [-0.3, -0.25) is 4.79 Å². The third-order valence-electron chi connectivity index (χ3n) is 5.34. The Labute approximate surface area is 200 Å². The van der Waals surface area contributed by atoms with Crippen LogP contribution >= 0.6 is 0 Å². The molecule has 0 N–H and O–H groups in total. The lowest BCUT2D eigenvalue weighted by Crippen LogP contribution is -2.17. The summed E-state index contributed by atoms with van der Waals surface area (Å²) in [6.45, 7) is 7.27. The molecule has 3 rings (SSSR count). The van der Waals surface area contributed by atoms with Crippen LogP contribution in [0.15, 0.2) is 66.3 Å². The summed E-state index contributed by atoms with van der Waals surface area (Å²) in [5.74, 6) is -2.94. The van der Waals surface area contributed by atoms with Crippen LogP contribution in [0.4, 0.5) is 22.0 Å². The number of hydrogen-bond acceptors (Lipinski definition) is 3. The maximum atomic E-state index is 13.7. The third-order valence-corrected chi connectivity index (χ3v) is 5.34. The van der Waals surface area contributed by atoms with Gasteiger partial charge in [0.15, 0.2) is 5.57 Å². The smallest absolute Gasteiger partial charge is 0.455 e. The molecule has 0 amide bonds. The Kier molecular flexibility index (Phi) is 7.73. The van der Waals surface area contributed by atoms with E-state index in [1.807, 2.05) is 13.8 Å². The molecule has 1 aliphatic carbocycles. The fourth-order valence-corrected chi connectivity index (χ4v) is 3.77. The van der Waals surface area contributed by atoms with Gasteiger partial charge in [0.1, 0.15) is 28.7 Å². The van der Waals surface area contributed by atoms with Gasteiger partial charge in [-0.2, -0.15) is 13.2 Å². The van der Waals surface area contributed by atoms with E-state index in [1.165, 1.54) is 31.7 Å². The van der Waals surface area contributed by atoms with Gasteiger partial charge in [-0.25, -0.2) is 8.78 Å². The van der Waals surface area contributed by atoms with Crippen LogP contribution in [0.1, 0.15) is 37.3 Å². The van der Waals surface area contributed by atoms with Gasteiger partial charge in [0.2, 0.25) is 0 Å². The second-order valence-corrected chi connectivity index (χ2v) is 8.57. The number of rotatable bonds is 7. The summed E-state index contributed by atoms with van der Waals surface area (Å²) in [5.41, 5.74) is -0.132. The summed E-state index contributed by atoms with van der Waals surface area (Å²) in [7, 11) is 1.25. The van der Waals surface area contributed by atoms with Crippen LogP contribution < -0.4 is 4.74 Å². The number of halogens is 5. The third kappa shape index (κ3) is 6.53. The molecule has 1 atom stereocenters. The molecule has 2 aromatic rings. The molecule has 1 aliphatic rings. The normalized spacial score (nSPS) is 14.7. The van der Waals surface area contributed by atoms with Crippen LogP contribution in [-0.2, 0) is 9.53 Å². The van der Waals surface area contributed by atoms with Crippen LogP contribution in [-0.4, -0.2) is 19.3 Å². The van der Waals surface area contributed by atoms with Crippen LogP contribution in [0.3, 0.4) is 0 Å². The van der Waals surface area contributed by atoms with Gasteiger partial charge in [-0.15, -0.1) is 0 Å². The molecule has 184 valence electrons. The molecular formula is C27H24F5O3+. The quantitative estimate of drug-likeness (QED) is 0.226. The summed E-state index contributed by atoms with van der Waals surface area (Å²) in [5, 5.41) is 0. The molecule has 1 unspecified atom stereocenters. The van der Waals surface area contributed by atoms with Gasteiger partial charge >= 0.3 is 12.1 Å². The van der Waals surface area contributed by atoms with E-state index < -0.39 is 35.3 Å². The van der Waals surface area contributed by atoms with Crippen molar-refractivity contribution in [3.8, 4) is 11.5 Å². The number of methoxy groups -OCH3 is 1.